The van der Waals surface area contributed by atoms with Gasteiger partial charge in [-0.3, -0.25) is 9.79 Å². The highest BCUT2D eigenvalue weighted by atomic mass is 19.4. The van der Waals surface area contributed by atoms with E-state index in [2.05, 4.69) is 11.7 Å². The first kappa shape index (κ1) is 17.2. The van der Waals surface area contributed by atoms with E-state index in [1.54, 1.807) is 19.1 Å². The fraction of sp³-hybridized carbons (Fsp3) is 0.467. The number of nitrogens with zero attached hydrogens (tertiary/aromatic N) is 2. The Bertz CT molecular complexity index is 538. The topological polar surface area (TPSA) is 32.7 Å². The van der Waals surface area contributed by atoms with Crippen molar-refractivity contribution >= 4 is 18.3 Å². The molecule has 0 fully saturated rings. The van der Waals surface area contributed by atoms with Gasteiger partial charge in [0.05, 0.1) is 5.69 Å². The summed E-state index contributed by atoms with van der Waals surface area (Å²) < 4.78 is 36.3. The van der Waals surface area contributed by atoms with Crippen LogP contribution in [0.1, 0.15) is 34.3 Å². The van der Waals surface area contributed by atoms with Crippen LogP contribution in [0, 0.1) is 13.8 Å². The lowest BCUT2D eigenvalue weighted by molar-refractivity contribution is -0.135. The maximum atomic E-state index is 12.3. The van der Waals surface area contributed by atoms with Gasteiger partial charge in [0.25, 0.3) is 5.91 Å². The number of rotatable bonds is 5. The molecule has 0 unspecified atom stereocenters. The van der Waals surface area contributed by atoms with Gasteiger partial charge in [0.2, 0.25) is 0 Å². The lowest BCUT2D eigenvalue weighted by atomic mass is 10.0. The molecule has 116 valence electrons. The van der Waals surface area contributed by atoms with Crippen molar-refractivity contribution in [2.45, 2.75) is 32.9 Å². The van der Waals surface area contributed by atoms with Crippen LogP contribution in [0.5, 0.6) is 0 Å². The van der Waals surface area contributed by atoms with E-state index in [0.717, 1.165) is 11.1 Å². The zero-order chi connectivity index (χ0) is 16.2. The van der Waals surface area contributed by atoms with Crippen LogP contribution in [-0.2, 0) is 0 Å². The Labute approximate surface area is 122 Å². The van der Waals surface area contributed by atoms with Crippen molar-refractivity contribution < 1.29 is 18.0 Å². The van der Waals surface area contributed by atoms with Crippen LogP contribution < -0.4 is 0 Å². The van der Waals surface area contributed by atoms with E-state index < -0.39 is 12.6 Å². The normalized spacial score (nSPS) is 11.3. The number of carbonyl (C=O) groups excluding carboxylic acids is 1. The lowest BCUT2D eigenvalue weighted by Gasteiger charge is -2.20. The van der Waals surface area contributed by atoms with Crippen molar-refractivity contribution in [3.8, 4) is 0 Å². The third kappa shape index (κ3) is 4.58. The fourth-order valence-electron chi connectivity index (χ4n) is 2.03. The van der Waals surface area contributed by atoms with Gasteiger partial charge in [-0.25, -0.2) is 0 Å². The number of alkyl halides is 3. The first-order chi connectivity index (χ1) is 9.67. The highest BCUT2D eigenvalue weighted by Gasteiger charge is 2.26. The van der Waals surface area contributed by atoms with E-state index in [-0.39, 0.29) is 18.9 Å². The summed E-state index contributed by atoms with van der Waals surface area (Å²) in [6.07, 6.45) is -5.17. The number of hydrogen-bond donors (Lipinski definition) is 0. The van der Waals surface area contributed by atoms with Crippen LogP contribution >= 0.6 is 0 Å². The van der Waals surface area contributed by atoms with Gasteiger partial charge in [0.1, 0.15) is 0 Å². The number of benzene rings is 1. The van der Waals surface area contributed by atoms with Crippen molar-refractivity contribution in [1.29, 1.82) is 0 Å². The van der Waals surface area contributed by atoms with Gasteiger partial charge in [-0.2, -0.15) is 13.2 Å². The smallest absolute Gasteiger partial charge is 0.342 e. The Kier molecular flexibility index (Phi) is 5.52. The molecule has 1 aromatic carbocycles. The molecule has 0 atom stereocenters. The molecule has 0 radical (unpaired) electrons. The van der Waals surface area contributed by atoms with Crippen molar-refractivity contribution in [2.24, 2.45) is 4.99 Å². The van der Waals surface area contributed by atoms with Crippen LogP contribution in [0.25, 0.3) is 0 Å². The van der Waals surface area contributed by atoms with Crippen molar-refractivity contribution in [2.75, 3.05) is 13.6 Å². The molecular weight excluding hydrogens is 281 g/mol. The van der Waals surface area contributed by atoms with E-state index >= 15 is 0 Å². The van der Waals surface area contributed by atoms with E-state index in [4.69, 9.17) is 0 Å². The van der Waals surface area contributed by atoms with Crippen LogP contribution in [0.2, 0.25) is 0 Å². The minimum absolute atomic E-state index is 0.0677. The Balaban J connectivity index is 2.79. The van der Waals surface area contributed by atoms with Gasteiger partial charge in [-0.15, -0.1) is 0 Å². The zero-order valence-electron chi connectivity index (χ0n) is 12.4. The Morgan fingerprint density at radius 2 is 1.90 bits per heavy atom. The van der Waals surface area contributed by atoms with E-state index in [1.807, 2.05) is 6.92 Å². The molecule has 0 aromatic heterocycles. The van der Waals surface area contributed by atoms with Gasteiger partial charge in [-0.1, -0.05) is 0 Å². The van der Waals surface area contributed by atoms with Crippen molar-refractivity contribution in [3.63, 3.8) is 0 Å². The summed E-state index contributed by atoms with van der Waals surface area (Å²) in [5, 5.41) is 0. The number of carbonyl (C=O) groups is 1. The Morgan fingerprint density at radius 3 is 2.43 bits per heavy atom. The standard InChI is InChI=1S/C15H19F3N2O/c1-10-11(2)13(19-3)7-6-12(10)14(21)20(4)9-5-8-15(16,17)18/h6-7H,3,5,8-9H2,1-2,4H3. The van der Waals surface area contributed by atoms with Gasteiger partial charge in [-0.05, 0) is 50.2 Å². The summed E-state index contributed by atoms with van der Waals surface area (Å²) >= 11 is 0. The third-order valence-electron chi connectivity index (χ3n) is 3.46. The largest absolute Gasteiger partial charge is 0.389 e. The molecule has 1 rings (SSSR count). The molecule has 0 bridgehead atoms. The Morgan fingerprint density at radius 1 is 1.29 bits per heavy atom. The SMILES string of the molecule is C=Nc1ccc(C(=O)N(C)CCCC(F)(F)F)c(C)c1C. The molecule has 6 heteroatoms. The summed E-state index contributed by atoms with van der Waals surface area (Å²) in [6.45, 7) is 7.15. The van der Waals surface area contributed by atoms with Gasteiger partial charge in [0, 0.05) is 25.6 Å². The van der Waals surface area contributed by atoms with Crippen molar-refractivity contribution in [3.05, 3.63) is 28.8 Å². The maximum absolute atomic E-state index is 12.3. The first-order valence-corrected chi connectivity index (χ1v) is 6.56. The van der Waals surface area contributed by atoms with E-state index in [9.17, 15) is 18.0 Å². The van der Waals surface area contributed by atoms with Gasteiger partial charge < -0.3 is 4.90 Å². The molecule has 0 heterocycles. The average Bonchev–Trinajstić information content (AvgIpc) is 2.39. The Hall–Kier alpha value is -1.85. The summed E-state index contributed by atoms with van der Waals surface area (Å²) in [7, 11) is 1.51. The number of amides is 1. The van der Waals surface area contributed by atoms with Crippen LogP contribution in [0.4, 0.5) is 18.9 Å². The maximum Gasteiger partial charge on any atom is 0.389 e. The molecule has 0 saturated heterocycles. The second-order valence-corrected chi connectivity index (χ2v) is 4.99. The van der Waals surface area contributed by atoms with Gasteiger partial charge in [0.15, 0.2) is 0 Å². The van der Waals surface area contributed by atoms with Crippen molar-refractivity contribution in [1.82, 2.24) is 4.90 Å². The second-order valence-electron chi connectivity index (χ2n) is 4.99. The average molecular weight is 300 g/mol. The highest BCUT2D eigenvalue weighted by molar-refractivity contribution is 5.96. The summed E-state index contributed by atoms with van der Waals surface area (Å²) in [5.41, 5.74) is 2.80. The fourth-order valence-corrected chi connectivity index (χ4v) is 2.03. The highest BCUT2D eigenvalue weighted by Crippen LogP contribution is 2.25. The van der Waals surface area contributed by atoms with E-state index in [0.29, 0.717) is 11.3 Å². The van der Waals surface area contributed by atoms with Gasteiger partial charge >= 0.3 is 6.18 Å². The molecule has 0 aliphatic rings. The molecule has 0 aliphatic heterocycles. The number of hydrogen-bond acceptors (Lipinski definition) is 2. The molecule has 1 aromatic rings. The summed E-state index contributed by atoms with van der Waals surface area (Å²) in [5.74, 6) is -0.284. The predicted molar refractivity (Wildman–Crippen MR) is 77.4 cm³/mol. The molecule has 0 N–H and O–H groups in total. The van der Waals surface area contributed by atoms with Crippen LogP contribution in [0.3, 0.4) is 0 Å². The summed E-state index contributed by atoms with van der Waals surface area (Å²) in [4.78, 5) is 17.4. The summed E-state index contributed by atoms with van der Waals surface area (Å²) in [6, 6.07) is 3.32. The lowest BCUT2D eigenvalue weighted by Crippen LogP contribution is -2.29. The molecule has 3 nitrogen and oxygen atoms in total. The second kappa shape index (κ2) is 6.74. The molecule has 1 amide bonds. The molecule has 0 spiro atoms. The number of halogens is 3. The van der Waals surface area contributed by atoms with Crippen LogP contribution in [-0.4, -0.2) is 37.3 Å². The third-order valence-corrected chi connectivity index (χ3v) is 3.46. The first-order valence-electron chi connectivity index (χ1n) is 6.56. The predicted octanol–water partition coefficient (Wildman–Crippen LogP) is 4.05. The molecule has 0 aliphatic carbocycles. The minimum Gasteiger partial charge on any atom is -0.342 e. The number of aliphatic imine (C=N–C) groups is 1. The zero-order valence-corrected chi connectivity index (χ0v) is 12.4. The molecule has 0 saturated carbocycles. The quantitative estimate of drug-likeness (QED) is 0.755. The molecular formula is C15H19F3N2O. The molecule has 21 heavy (non-hydrogen) atoms. The minimum atomic E-state index is -4.19. The monoisotopic (exact) mass is 300 g/mol. The van der Waals surface area contributed by atoms with Crippen LogP contribution in [0.15, 0.2) is 17.1 Å². The van der Waals surface area contributed by atoms with E-state index in [1.165, 1.54) is 11.9 Å².